The number of hydrogen-bond acceptors (Lipinski definition) is 7. The molecule has 0 spiro atoms. The average Bonchev–Trinajstić information content (AvgIpc) is 3.17. The largest absolute Gasteiger partial charge is 0.480 e. The van der Waals surface area contributed by atoms with Crippen molar-refractivity contribution in [3.05, 3.63) is 22.4 Å². The maximum Gasteiger partial charge on any atom is 0.322 e. The Bertz CT molecular complexity index is 614. The van der Waals surface area contributed by atoms with Gasteiger partial charge in [0.2, 0.25) is 0 Å². The van der Waals surface area contributed by atoms with E-state index in [1.807, 2.05) is 24.4 Å². The van der Waals surface area contributed by atoms with Crippen LogP contribution in [0.15, 0.2) is 17.5 Å². The molecule has 9 heteroatoms. The summed E-state index contributed by atoms with van der Waals surface area (Å²) in [4.78, 5) is 22.4. The van der Waals surface area contributed by atoms with Gasteiger partial charge in [0.25, 0.3) is 0 Å². The number of nitrogens with two attached hydrogens (primary N) is 2. The maximum absolute atomic E-state index is 10.8. The summed E-state index contributed by atoms with van der Waals surface area (Å²) in [6, 6.07) is 1.83. The molecule has 4 atom stereocenters. The molecule has 6 N–H and O–H groups in total. The molecule has 154 valence electrons. The van der Waals surface area contributed by atoms with Gasteiger partial charge in [-0.05, 0) is 44.1 Å². The van der Waals surface area contributed by atoms with Crippen molar-refractivity contribution in [3.63, 3.8) is 0 Å². The molecule has 1 aliphatic rings. The van der Waals surface area contributed by atoms with E-state index in [9.17, 15) is 9.59 Å². The minimum Gasteiger partial charge on any atom is -0.480 e. The van der Waals surface area contributed by atoms with Gasteiger partial charge in [-0.2, -0.15) is 25.3 Å². The van der Waals surface area contributed by atoms with Crippen molar-refractivity contribution in [2.24, 2.45) is 17.4 Å². The SMILES string of the molecule is CC(S)(C1CCCCC1)C(N)C(=O)O.CC(S)(c1cccs1)C(N)C(=O)O. The van der Waals surface area contributed by atoms with E-state index in [4.69, 9.17) is 21.7 Å². The molecular formula is C18H30N2O4S3. The summed E-state index contributed by atoms with van der Waals surface area (Å²) in [5, 5.41) is 19.5. The summed E-state index contributed by atoms with van der Waals surface area (Å²) in [7, 11) is 0. The lowest BCUT2D eigenvalue weighted by atomic mass is 9.77. The van der Waals surface area contributed by atoms with Gasteiger partial charge in [0.05, 0.1) is 4.75 Å². The van der Waals surface area contributed by atoms with Crippen molar-refractivity contribution in [1.82, 2.24) is 0 Å². The highest BCUT2D eigenvalue weighted by molar-refractivity contribution is 7.82. The van der Waals surface area contributed by atoms with Crippen LogP contribution in [0, 0.1) is 5.92 Å². The molecule has 27 heavy (non-hydrogen) atoms. The molecule has 1 heterocycles. The van der Waals surface area contributed by atoms with E-state index in [1.165, 1.54) is 30.6 Å². The number of aliphatic carboxylic acids is 2. The van der Waals surface area contributed by atoms with Crippen LogP contribution < -0.4 is 11.5 Å². The van der Waals surface area contributed by atoms with Gasteiger partial charge >= 0.3 is 11.9 Å². The highest BCUT2D eigenvalue weighted by Gasteiger charge is 2.40. The molecule has 1 fully saturated rings. The smallest absolute Gasteiger partial charge is 0.322 e. The number of rotatable bonds is 6. The van der Waals surface area contributed by atoms with Crippen LogP contribution in [0.1, 0.15) is 50.8 Å². The van der Waals surface area contributed by atoms with Crippen molar-refractivity contribution in [2.45, 2.75) is 67.5 Å². The second kappa shape index (κ2) is 10.2. The third-order valence-electron chi connectivity index (χ3n) is 5.22. The lowest BCUT2D eigenvalue weighted by Crippen LogP contribution is -2.52. The van der Waals surface area contributed by atoms with Crippen molar-refractivity contribution in [1.29, 1.82) is 0 Å². The number of thiophene rings is 1. The first kappa shape index (κ1) is 24.3. The number of carboxylic acids is 2. The summed E-state index contributed by atoms with van der Waals surface area (Å²) in [6.45, 7) is 3.56. The molecule has 1 saturated carbocycles. The maximum atomic E-state index is 10.8. The predicted molar refractivity (Wildman–Crippen MR) is 116 cm³/mol. The fraction of sp³-hybridized carbons (Fsp3) is 0.667. The summed E-state index contributed by atoms with van der Waals surface area (Å²) < 4.78 is -1.38. The van der Waals surface area contributed by atoms with Crippen LogP contribution in [0.3, 0.4) is 0 Å². The molecule has 0 aromatic carbocycles. The minimum atomic E-state index is -1.04. The van der Waals surface area contributed by atoms with E-state index < -0.39 is 33.5 Å². The summed E-state index contributed by atoms with van der Waals surface area (Å²) in [5.74, 6) is -1.65. The first-order valence-corrected chi connectivity index (χ1v) is 10.6. The van der Waals surface area contributed by atoms with Gasteiger partial charge in [-0.25, -0.2) is 0 Å². The molecule has 0 saturated heterocycles. The Labute approximate surface area is 175 Å². The van der Waals surface area contributed by atoms with E-state index in [1.54, 1.807) is 6.92 Å². The second-order valence-corrected chi connectivity index (χ2v) is 10.2. The first-order valence-electron chi connectivity index (χ1n) is 8.87. The van der Waals surface area contributed by atoms with Gasteiger partial charge in [-0.1, -0.05) is 25.3 Å². The van der Waals surface area contributed by atoms with Gasteiger partial charge in [0.1, 0.15) is 12.1 Å². The Morgan fingerprint density at radius 3 is 2.04 bits per heavy atom. The first-order chi connectivity index (χ1) is 12.4. The molecule has 0 bridgehead atoms. The van der Waals surface area contributed by atoms with Gasteiger partial charge in [-0.15, -0.1) is 11.3 Å². The zero-order valence-electron chi connectivity index (χ0n) is 15.7. The van der Waals surface area contributed by atoms with Crippen molar-refractivity contribution in [2.75, 3.05) is 0 Å². The van der Waals surface area contributed by atoms with E-state index in [2.05, 4.69) is 25.3 Å². The lowest BCUT2D eigenvalue weighted by molar-refractivity contribution is -0.140. The van der Waals surface area contributed by atoms with Crippen molar-refractivity contribution >= 4 is 48.5 Å². The number of carbonyl (C=O) groups is 2. The Balaban J connectivity index is 0.000000271. The Hall–Kier alpha value is -0.740. The summed E-state index contributed by atoms with van der Waals surface area (Å²) >= 11 is 10.2. The van der Waals surface area contributed by atoms with Crippen LogP contribution in [0.25, 0.3) is 0 Å². The number of thiol groups is 2. The Morgan fingerprint density at radius 1 is 1.11 bits per heavy atom. The average molecular weight is 435 g/mol. The van der Waals surface area contributed by atoms with Crippen LogP contribution >= 0.6 is 36.6 Å². The molecule has 0 radical (unpaired) electrons. The molecule has 0 amide bonds. The summed E-state index contributed by atoms with van der Waals surface area (Å²) in [5.41, 5.74) is 11.2. The molecule has 2 rings (SSSR count). The van der Waals surface area contributed by atoms with E-state index >= 15 is 0 Å². The number of carboxylic acid groups (broad SMARTS) is 2. The molecule has 4 unspecified atom stereocenters. The van der Waals surface area contributed by atoms with Gasteiger partial charge in [0.15, 0.2) is 0 Å². The normalized spacial score (nSPS) is 21.7. The Morgan fingerprint density at radius 2 is 1.63 bits per heavy atom. The molecule has 1 aliphatic carbocycles. The zero-order chi connectivity index (χ0) is 20.8. The quantitative estimate of drug-likeness (QED) is 0.382. The fourth-order valence-electron chi connectivity index (χ4n) is 3.15. The summed E-state index contributed by atoms with van der Waals surface area (Å²) in [6.07, 6.45) is 5.71. The highest BCUT2D eigenvalue weighted by Crippen LogP contribution is 2.38. The minimum absolute atomic E-state index is 0.339. The van der Waals surface area contributed by atoms with Crippen LogP contribution in [-0.4, -0.2) is 39.0 Å². The molecule has 1 aromatic heterocycles. The van der Waals surface area contributed by atoms with Crippen molar-refractivity contribution < 1.29 is 19.8 Å². The monoisotopic (exact) mass is 434 g/mol. The van der Waals surface area contributed by atoms with Gasteiger partial charge in [-0.3, -0.25) is 9.59 Å². The third kappa shape index (κ3) is 6.39. The molecule has 1 aromatic rings. The van der Waals surface area contributed by atoms with Gasteiger partial charge < -0.3 is 21.7 Å². The third-order valence-corrected chi connectivity index (χ3v) is 7.64. The standard InChI is InChI=1S/C10H19NO2S.C8H11NO2S2/c1-10(14,8(11)9(12)13)7-5-3-2-4-6-7;1-8(12,6(9)7(10)11)5-3-2-4-13-5/h7-8,14H,2-6,11H2,1H3,(H,12,13);2-4,6,12H,9H2,1H3,(H,10,11). The van der Waals surface area contributed by atoms with Gasteiger partial charge in [0, 0.05) is 9.62 Å². The van der Waals surface area contributed by atoms with Crippen LogP contribution in [-0.2, 0) is 14.3 Å². The van der Waals surface area contributed by atoms with Crippen LogP contribution in [0.2, 0.25) is 0 Å². The van der Waals surface area contributed by atoms with Crippen molar-refractivity contribution in [3.8, 4) is 0 Å². The number of hydrogen-bond donors (Lipinski definition) is 6. The second-order valence-electron chi connectivity index (χ2n) is 7.32. The Kier molecular flexibility index (Phi) is 9.14. The fourth-order valence-corrected chi connectivity index (χ4v) is 4.69. The van der Waals surface area contributed by atoms with Crippen LogP contribution in [0.4, 0.5) is 0 Å². The van der Waals surface area contributed by atoms with E-state index in [-0.39, 0.29) is 0 Å². The van der Waals surface area contributed by atoms with E-state index in [0.29, 0.717) is 5.92 Å². The highest BCUT2D eigenvalue weighted by atomic mass is 32.1. The lowest BCUT2D eigenvalue weighted by Gasteiger charge is -2.38. The predicted octanol–water partition coefficient (Wildman–Crippen LogP) is 2.97. The van der Waals surface area contributed by atoms with Crippen LogP contribution in [0.5, 0.6) is 0 Å². The molecular weight excluding hydrogens is 404 g/mol. The zero-order valence-corrected chi connectivity index (χ0v) is 18.3. The van der Waals surface area contributed by atoms with E-state index in [0.717, 1.165) is 17.7 Å². The molecule has 0 aliphatic heterocycles. The topological polar surface area (TPSA) is 127 Å². The molecule has 6 nitrogen and oxygen atoms in total.